The van der Waals surface area contributed by atoms with Crippen LogP contribution in [0.2, 0.25) is 10.0 Å². The molecule has 88 valence electrons. The van der Waals surface area contributed by atoms with Crippen molar-refractivity contribution in [2.24, 2.45) is 5.73 Å². The summed E-state index contributed by atoms with van der Waals surface area (Å²) in [6.07, 6.45) is 2.34. The van der Waals surface area contributed by atoms with Gasteiger partial charge in [-0.2, -0.15) is 0 Å². The molecule has 2 nitrogen and oxygen atoms in total. The Balaban J connectivity index is 2.08. The number of halogens is 2. The van der Waals surface area contributed by atoms with E-state index in [1.54, 1.807) is 12.3 Å². The van der Waals surface area contributed by atoms with Crippen LogP contribution in [0, 0.1) is 0 Å². The maximum absolute atomic E-state index is 6.08. The number of nitrogens with zero attached hydrogens (tertiary/aromatic N) is 1. The lowest BCUT2D eigenvalue weighted by molar-refractivity contribution is 0.696. The number of benzene rings is 1. The maximum atomic E-state index is 6.08. The van der Waals surface area contributed by atoms with Gasteiger partial charge in [-0.1, -0.05) is 35.3 Å². The van der Waals surface area contributed by atoms with Gasteiger partial charge in [-0.25, -0.2) is 0 Å². The van der Waals surface area contributed by atoms with Crippen molar-refractivity contribution in [3.05, 3.63) is 63.9 Å². The monoisotopic (exact) mass is 266 g/mol. The molecule has 0 bridgehead atoms. The second-order valence-corrected chi connectivity index (χ2v) is 4.71. The van der Waals surface area contributed by atoms with E-state index in [1.807, 2.05) is 30.3 Å². The van der Waals surface area contributed by atoms with Crippen LogP contribution in [0.15, 0.2) is 42.6 Å². The van der Waals surface area contributed by atoms with E-state index in [9.17, 15) is 0 Å². The number of nitrogens with two attached hydrogens (primary N) is 1. The van der Waals surface area contributed by atoms with Gasteiger partial charge in [-0.05, 0) is 36.2 Å². The zero-order valence-electron chi connectivity index (χ0n) is 9.11. The van der Waals surface area contributed by atoms with Crippen molar-refractivity contribution in [2.75, 3.05) is 0 Å². The Morgan fingerprint density at radius 1 is 1.00 bits per heavy atom. The van der Waals surface area contributed by atoms with Crippen molar-refractivity contribution in [1.29, 1.82) is 0 Å². The summed E-state index contributed by atoms with van der Waals surface area (Å²) in [4.78, 5) is 4.21. The number of rotatable bonds is 3. The fourth-order valence-electron chi connectivity index (χ4n) is 1.59. The SMILES string of the molecule is NC(Cc1ccc(Cl)cc1)c1ccc(Cl)cn1. The lowest BCUT2D eigenvalue weighted by atomic mass is 10.0. The molecule has 2 N–H and O–H groups in total. The van der Waals surface area contributed by atoms with E-state index in [2.05, 4.69) is 4.98 Å². The van der Waals surface area contributed by atoms with Gasteiger partial charge in [-0.15, -0.1) is 0 Å². The van der Waals surface area contributed by atoms with Crippen molar-refractivity contribution in [3.8, 4) is 0 Å². The molecular formula is C13H12Cl2N2. The Morgan fingerprint density at radius 3 is 2.24 bits per heavy atom. The van der Waals surface area contributed by atoms with Gasteiger partial charge in [0.25, 0.3) is 0 Å². The van der Waals surface area contributed by atoms with Crippen LogP contribution in [0.4, 0.5) is 0 Å². The van der Waals surface area contributed by atoms with Crippen LogP contribution in [0.1, 0.15) is 17.3 Å². The zero-order valence-corrected chi connectivity index (χ0v) is 10.6. The van der Waals surface area contributed by atoms with Crippen LogP contribution in [0.25, 0.3) is 0 Å². The average molecular weight is 267 g/mol. The summed E-state index contributed by atoms with van der Waals surface area (Å²) in [5.74, 6) is 0. The van der Waals surface area contributed by atoms with Crippen LogP contribution >= 0.6 is 23.2 Å². The maximum Gasteiger partial charge on any atom is 0.0589 e. The molecule has 0 aliphatic carbocycles. The first-order valence-electron chi connectivity index (χ1n) is 5.26. The smallest absolute Gasteiger partial charge is 0.0589 e. The first-order chi connectivity index (χ1) is 8.15. The van der Waals surface area contributed by atoms with E-state index in [1.165, 1.54) is 0 Å². The Hall–Kier alpha value is -1.09. The summed E-state index contributed by atoms with van der Waals surface area (Å²) < 4.78 is 0. The topological polar surface area (TPSA) is 38.9 Å². The Bertz CT molecular complexity index is 480. The predicted molar refractivity (Wildman–Crippen MR) is 71.3 cm³/mol. The molecule has 1 unspecified atom stereocenters. The normalized spacial score (nSPS) is 12.4. The van der Waals surface area contributed by atoms with Gasteiger partial charge < -0.3 is 5.73 Å². The molecule has 0 saturated heterocycles. The fraction of sp³-hybridized carbons (Fsp3) is 0.154. The number of aromatic nitrogens is 1. The molecule has 0 amide bonds. The van der Waals surface area contributed by atoms with Gasteiger partial charge in [0.05, 0.1) is 16.8 Å². The molecule has 0 fully saturated rings. The molecule has 2 rings (SSSR count). The standard InChI is InChI=1S/C13H12Cl2N2/c14-10-3-1-9(2-4-10)7-12(16)13-6-5-11(15)8-17-13/h1-6,8,12H,7,16H2. The Labute approximate surface area is 110 Å². The van der Waals surface area contributed by atoms with Gasteiger partial charge in [0.15, 0.2) is 0 Å². The highest BCUT2D eigenvalue weighted by molar-refractivity contribution is 6.30. The van der Waals surface area contributed by atoms with Gasteiger partial charge in [0.2, 0.25) is 0 Å². The Kier molecular flexibility index (Phi) is 4.00. The third-order valence-corrected chi connectivity index (χ3v) is 2.97. The second kappa shape index (κ2) is 5.50. The van der Waals surface area contributed by atoms with Crippen LogP contribution in [0.5, 0.6) is 0 Å². The molecule has 0 saturated carbocycles. The van der Waals surface area contributed by atoms with E-state index in [4.69, 9.17) is 28.9 Å². The molecule has 1 atom stereocenters. The summed E-state index contributed by atoms with van der Waals surface area (Å²) in [6, 6.07) is 11.2. The van der Waals surface area contributed by atoms with E-state index < -0.39 is 0 Å². The summed E-state index contributed by atoms with van der Waals surface area (Å²) in [7, 11) is 0. The fourth-order valence-corrected chi connectivity index (χ4v) is 1.82. The highest BCUT2D eigenvalue weighted by atomic mass is 35.5. The third kappa shape index (κ3) is 3.43. The van der Waals surface area contributed by atoms with Crippen molar-refractivity contribution in [1.82, 2.24) is 4.98 Å². The molecule has 0 spiro atoms. The number of hydrogen-bond donors (Lipinski definition) is 1. The molecule has 2 aromatic rings. The van der Waals surface area contributed by atoms with Crippen molar-refractivity contribution in [2.45, 2.75) is 12.5 Å². The highest BCUT2D eigenvalue weighted by Crippen LogP contribution is 2.17. The lowest BCUT2D eigenvalue weighted by Gasteiger charge is -2.11. The first kappa shape index (κ1) is 12.4. The summed E-state index contributed by atoms with van der Waals surface area (Å²) in [5.41, 5.74) is 8.05. The van der Waals surface area contributed by atoms with Crippen molar-refractivity contribution >= 4 is 23.2 Å². The molecule has 1 aromatic carbocycles. The zero-order chi connectivity index (χ0) is 12.3. The predicted octanol–water partition coefficient (Wildman–Crippen LogP) is 3.63. The highest BCUT2D eigenvalue weighted by Gasteiger charge is 2.08. The molecule has 0 aliphatic rings. The van der Waals surface area contributed by atoms with Crippen LogP contribution in [-0.2, 0) is 6.42 Å². The first-order valence-corrected chi connectivity index (χ1v) is 6.02. The van der Waals surface area contributed by atoms with E-state index in [-0.39, 0.29) is 6.04 Å². The van der Waals surface area contributed by atoms with Gasteiger partial charge >= 0.3 is 0 Å². The van der Waals surface area contributed by atoms with Crippen molar-refractivity contribution < 1.29 is 0 Å². The van der Waals surface area contributed by atoms with Gasteiger partial charge in [0, 0.05) is 11.2 Å². The van der Waals surface area contributed by atoms with Crippen LogP contribution < -0.4 is 5.73 Å². The molecule has 0 radical (unpaired) electrons. The second-order valence-electron chi connectivity index (χ2n) is 3.84. The summed E-state index contributed by atoms with van der Waals surface area (Å²) in [6.45, 7) is 0. The minimum Gasteiger partial charge on any atom is -0.322 e. The minimum absolute atomic E-state index is 0.131. The molecule has 0 aliphatic heterocycles. The van der Waals surface area contributed by atoms with Gasteiger partial charge in [-0.3, -0.25) is 4.98 Å². The lowest BCUT2D eigenvalue weighted by Crippen LogP contribution is -2.14. The quantitative estimate of drug-likeness (QED) is 0.922. The van der Waals surface area contributed by atoms with Crippen LogP contribution in [0.3, 0.4) is 0 Å². The summed E-state index contributed by atoms with van der Waals surface area (Å²) >= 11 is 11.6. The molecule has 1 aromatic heterocycles. The largest absolute Gasteiger partial charge is 0.322 e. The van der Waals surface area contributed by atoms with Gasteiger partial charge in [0.1, 0.15) is 0 Å². The van der Waals surface area contributed by atoms with E-state index in [0.29, 0.717) is 5.02 Å². The third-order valence-electron chi connectivity index (χ3n) is 2.50. The van der Waals surface area contributed by atoms with Crippen LogP contribution in [-0.4, -0.2) is 4.98 Å². The van der Waals surface area contributed by atoms with Crippen molar-refractivity contribution in [3.63, 3.8) is 0 Å². The molecule has 4 heteroatoms. The number of pyridine rings is 1. The van der Waals surface area contributed by atoms with E-state index in [0.717, 1.165) is 22.7 Å². The minimum atomic E-state index is -0.131. The molecule has 1 heterocycles. The molecule has 17 heavy (non-hydrogen) atoms. The van der Waals surface area contributed by atoms with E-state index >= 15 is 0 Å². The Morgan fingerprint density at radius 2 is 1.65 bits per heavy atom. The molecular weight excluding hydrogens is 255 g/mol. The summed E-state index contributed by atoms with van der Waals surface area (Å²) in [5, 5.41) is 1.35. The average Bonchev–Trinajstić information content (AvgIpc) is 2.33. The number of hydrogen-bond acceptors (Lipinski definition) is 2.